The molecule has 0 bridgehead atoms. The Morgan fingerprint density at radius 2 is 2.14 bits per heavy atom. The van der Waals surface area contributed by atoms with Crippen molar-refractivity contribution in [2.75, 3.05) is 7.11 Å². The van der Waals surface area contributed by atoms with Crippen molar-refractivity contribution >= 4 is 11.3 Å². The van der Waals surface area contributed by atoms with Crippen LogP contribution in [0.5, 0.6) is 5.06 Å². The molecule has 1 fully saturated rings. The second-order valence-corrected chi connectivity index (χ2v) is 4.90. The summed E-state index contributed by atoms with van der Waals surface area (Å²) >= 11 is 1.66. The highest BCUT2D eigenvalue weighted by Crippen LogP contribution is 2.38. The summed E-state index contributed by atoms with van der Waals surface area (Å²) in [5.74, 6) is 0.345. The molecule has 0 spiro atoms. The molecule has 2 atom stereocenters. The molecule has 2 nitrogen and oxygen atoms in total. The molecule has 1 heterocycles. The number of rotatable bonds is 2. The highest BCUT2D eigenvalue weighted by molar-refractivity contribution is 7.13. The van der Waals surface area contributed by atoms with Crippen LogP contribution in [0.15, 0.2) is 12.1 Å². The van der Waals surface area contributed by atoms with Gasteiger partial charge in [-0.3, -0.25) is 0 Å². The van der Waals surface area contributed by atoms with Gasteiger partial charge in [0.25, 0.3) is 0 Å². The standard InChI is InChI=1S/C11H16O2S/c1-13-11-7-6-10(14-11)8-4-2-3-5-9(8)12/h6-9,12H,2-5H2,1H3. The zero-order valence-corrected chi connectivity index (χ0v) is 9.22. The number of methoxy groups -OCH3 is 1. The van der Waals surface area contributed by atoms with Gasteiger partial charge in [0.05, 0.1) is 13.2 Å². The zero-order chi connectivity index (χ0) is 9.97. The second kappa shape index (κ2) is 4.32. The lowest BCUT2D eigenvalue weighted by molar-refractivity contribution is 0.107. The first-order valence-electron chi connectivity index (χ1n) is 5.13. The Balaban J connectivity index is 2.12. The minimum atomic E-state index is -0.146. The van der Waals surface area contributed by atoms with Crippen LogP contribution in [-0.4, -0.2) is 18.3 Å². The molecular weight excluding hydrogens is 196 g/mol. The molecule has 2 unspecified atom stereocenters. The third kappa shape index (κ3) is 1.93. The average molecular weight is 212 g/mol. The van der Waals surface area contributed by atoms with Crippen LogP contribution in [0.2, 0.25) is 0 Å². The van der Waals surface area contributed by atoms with Gasteiger partial charge in [-0.25, -0.2) is 0 Å². The molecule has 78 valence electrons. The van der Waals surface area contributed by atoms with Crippen molar-refractivity contribution in [3.8, 4) is 5.06 Å². The molecule has 1 aromatic heterocycles. The van der Waals surface area contributed by atoms with Gasteiger partial charge in [0.15, 0.2) is 5.06 Å². The van der Waals surface area contributed by atoms with Crippen molar-refractivity contribution in [1.82, 2.24) is 0 Å². The summed E-state index contributed by atoms with van der Waals surface area (Å²) < 4.78 is 5.16. The van der Waals surface area contributed by atoms with Crippen LogP contribution < -0.4 is 4.74 Å². The highest BCUT2D eigenvalue weighted by Gasteiger charge is 2.25. The smallest absolute Gasteiger partial charge is 0.173 e. The largest absolute Gasteiger partial charge is 0.487 e. The number of aliphatic hydroxyl groups is 1. The lowest BCUT2D eigenvalue weighted by Gasteiger charge is -2.26. The maximum absolute atomic E-state index is 9.87. The molecular formula is C11H16O2S. The molecule has 1 aliphatic rings. The molecule has 3 heteroatoms. The number of aliphatic hydroxyl groups excluding tert-OH is 1. The highest BCUT2D eigenvalue weighted by atomic mass is 32.1. The fourth-order valence-corrected chi connectivity index (χ4v) is 3.10. The molecule has 14 heavy (non-hydrogen) atoms. The predicted octanol–water partition coefficient (Wildman–Crippen LogP) is 2.78. The van der Waals surface area contributed by atoms with Crippen LogP contribution in [0.3, 0.4) is 0 Å². The van der Waals surface area contributed by atoms with Gasteiger partial charge in [-0.1, -0.05) is 12.8 Å². The van der Waals surface area contributed by atoms with Gasteiger partial charge in [-0.05, 0) is 25.0 Å². The van der Waals surface area contributed by atoms with Crippen LogP contribution in [0, 0.1) is 0 Å². The van der Waals surface area contributed by atoms with Crippen LogP contribution in [0.1, 0.15) is 36.5 Å². The molecule has 1 aliphatic carbocycles. The monoisotopic (exact) mass is 212 g/mol. The number of hydrogen-bond donors (Lipinski definition) is 1. The Labute approximate surface area is 88.5 Å². The van der Waals surface area contributed by atoms with E-state index in [9.17, 15) is 5.11 Å². The Morgan fingerprint density at radius 1 is 1.36 bits per heavy atom. The quantitative estimate of drug-likeness (QED) is 0.816. The first-order chi connectivity index (χ1) is 6.81. The summed E-state index contributed by atoms with van der Waals surface area (Å²) in [7, 11) is 1.69. The predicted molar refractivity (Wildman–Crippen MR) is 58.1 cm³/mol. The van der Waals surface area contributed by atoms with E-state index in [1.807, 2.05) is 6.07 Å². The van der Waals surface area contributed by atoms with E-state index in [0.29, 0.717) is 5.92 Å². The van der Waals surface area contributed by atoms with E-state index in [1.54, 1.807) is 18.4 Å². The number of thiophene rings is 1. The summed E-state index contributed by atoms with van der Waals surface area (Å²) in [6.07, 6.45) is 4.32. The van der Waals surface area contributed by atoms with Crippen molar-refractivity contribution in [2.24, 2.45) is 0 Å². The summed E-state index contributed by atoms with van der Waals surface area (Å²) in [6, 6.07) is 4.07. The lowest BCUT2D eigenvalue weighted by Crippen LogP contribution is -2.21. The van der Waals surface area contributed by atoms with Crippen LogP contribution >= 0.6 is 11.3 Å². The molecule has 0 aromatic carbocycles. The Bertz CT molecular complexity index is 295. The topological polar surface area (TPSA) is 29.5 Å². The molecule has 0 amide bonds. The van der Waals surface area contributed by atoms with Gasteiger partial charge in [-0.2, -0.15) is 0 Å². The Kier molecular flexibility index (Phi) is 3.08. The molecule has 0 aliphatic heterocycles. The van der Waals surface area contributed by atoms with E-state index in [4.69, 9.17) is 4.74 Å². The maximum atomic E-state index is 9.87. The molecule has 0 saturated heterocycles. The Morgan fingerprint density at radius 3 is 2.79 bits per heavy atom. The van der Waals surface area contributed by atoms with E-state index in [-0.39, 0.29) is 6.10 Å². The molecule has 1 aromatic rings. The number of ether oxygens (including phenoxy) is 1. The van der Waals surface area contributed by atoms with E-state index in [0.717, 1.165) is 17.9 Å². The van der Waals surface area contributed by atoms with E-state index in [1.165, 1.54) is 17.7 Å². The van der Waals surface area contributed by atoms with Gasteiger partial charge < -0.3 is 9.84 Å². The normalized spacial score (nSPS) is 27.6. The summed E-state index contributed by atoms with van der Waals surface area (Å²) in [5, 5.41) is 10.8. The van der Waals surface area contributed by atoms with Crippen LogP contribution in [-0.2, 0) is 0 Å². The molecule has 0 radical (unpaired) electrons. The van der Waals surface area contributed by atoms with Gasteiger partial charge in [-0.15, -0.1) is 11.3 Å². The van der Waals surface area contributed by atoms with Crippen LogP contribution in [0.25, 0.3) is 0 Å². The van der Waals surface area contributed by atoms with E-state index < -0.39 is 0 Å². The number of hydrogen-bond acceptors (Lipinski definition) is 3. The Hall–Kier alpha value is -0.540. The summed E-state index contributed by atoms with van der Waals surface area (Å²) in [5.41, 5.74) is 0. The van der Waals surface area contributed by atoms with Gasteiger partial charge in [0, 0.05) is 10.8 Å². The van der Waals surface area contributed by atoms with Gasteiger partial charge in [0.1, 0.15) is 0 Å². The third-order valence-corrected chi connectivity index (χ3v) is 4.08. The first kappa shape index (κ1) is 9.99. The lowest BCUT2D eigenvalue weighted by atomic mass is 9.85. The van der Waals surface area contributed by atoms with E-state index in [2.05, 4.69) is 6.07 Å². The van der Waals surface area contributed by atoms with Crippen molar-refractivity contribution in [2.45, 2.75) is 37.7 Å². The minimum absolute atomic E-state index is 0.146. The van der Waals surface area contributed by atoms with Crippen LogP contribution in [0.4, 0.5) is 0 Å². The first-order valence-corrected chi connectivity index (χ1v) is 5.94. The summed E-state index contributed by atoms with van der Waals surface area (Å²) in [6.45, 7) is 0. The zero-order valence-electron chi connectivity index (χ0n) is 8.40. The van der Waals surface area contributed by atoms with Crippen molar-refractivity contribution in [3.63, 3.8) is 0 Å². The fourth-order valence-electron chi connectivity index (χ4n) is 2.09. The fraction of sp³-hybridized carbons (Fsp3) is 0.636. The molecule has 2 rings (SSSR count). The third-order valence-electron chi connectivity index (χ3n) is 2.90. The van der Waals surface area contributed by atoms with Crippen molar-refractivity contribution < 1.29 is 9.84 Å². The van der Waals surface area contributed by atoms with Crippen molar-refractivity contribution in [3.05, 3.63) is 17.0 Å². The molecule has 1 N–H and O–H groups in total. The van der Waals surface area contributed by atoms with Gasteiger partial charge >= 0.3 is 0 Å². The SMILES string of the molecule is COc1ccc(C2CCCCC2O)s1. The summed E-state index contributed by atoms with van der Waals surface area (Å²) in [4.78, 5) is 1.27. The maximum Gasteiger partial charge on any atom is 0.173 e. The van der Waals surface area contributed by atoms with Gasteiger partial charge in [0.2, 0.25) is 0 Å². The minimum Gasteiger partial charge on any atom is -0.487 e. The van der Waals surface area contributed by atoms with Crippen molar-refractivity contribution in [1.29, 1.82) is 0 Å². The second-order valence-electron chi connectivity index (χ2n) is 3.82. The molecule has 1 saturated carbocycles. The average Bonchev–Trinajstić information content (AvgIpc) is 2.67. The van der Waals surface area contributed by atoms with E-state index >= 15 is 0 Å².